The average molecular weight is 348 g/mol. The predicted molar refractivity (Wildman–Crippen MR) is 75.5 cm³/mol. The summed E-state index contributed by atoms with van der Waals surface area (Å²) in [5.74, 6) is -0.883. The van der Waals surface area contributed by atoms with E-state index < -0.39 is 37.1 Å². The highest BCUT2D eigenvalue weighted by atomic mass is 19.4. The third-order valence-electron chi connectivity index (χ3n) is 3.56. The predicted octanol–water partition coefficient (Wildman–Crippen LogP) is 2.78. The van der Waals surface area contributed by atoms with Gasteiger partial charge in [0.05, 0.1) is 6.04 Å². The lowest BCUT2D eigenvalue weighted by Gasteiger charge is -2.25. The van der Waals surface area contributed by atoms with E-state index in [1.807, 2.05) is 5.32 Å². The molecule has 1 aliphatic heterocycles. The van der Waals surface area contributed by atoms with Crippen LogP contribution in [0.15, 0.2) is 24.3 Å². The van der Waals surface area contributed by atoms with Crippen LogP contribution in [0.5, 0.6) is 0 Å². The Labute approximate surface area is 135 Å². The van der Waals surface area contributed by atoms with Gasteiger partial charge in [-0.25, -0.2) is 9.18 Å². The summed E-state index contributed by atoms with van der Waals surface area (Å²) < 4.78 is 53.0. The number of likely N-dealkylation sites (tertiary alicyclic amines) is 1. The lowest BCUT2D eigenvalue weighted by Crippen LogP contribution is -2.40. The van der Waals surface area contributed by atoms with Crippen molar-refractivity contribution in [2.45, 2.75) is 25.1 Å². The van der Waals surface area contributed by atoms with E-state index in [0.29, 0.717) is 24.9 Å². The molecule has 132 valence electrons. The van der Waals surface area contributed by atoms with Gasteiger partial charge in [-0.1, -0.05) is 12.1 Å². The van der Waals surface area contributed by atoms with Gasteiger partial charge >= 0.3 is 12.3 Å². The fourth-order valence-corrected chi connectivity index (χ4v) is 2.57. The van der Waals surface area contributed by atoms with Crippen LogP contribution in [-0.4, -0.2) is 42.8 Å². The molecule has 0 aliphatic carbocycles. The Hall–Kier alpha value is -2.32. The van der Waals surface area contributed by atoms with Crippen molar-refractivity contribution >= 4 is 12.0 Å². The molecule has 0 aromatic heterocycles. The van der Waals surface area contributed by atoms with E-state index >= 15 is 0 Å². The smallest absolute Gasteiger partial charge is 0.422 e. The number of halogens is 4. The van der Waals surface area contributed by atoms with Crippen molar-refractivity contribution in [2.75, 3.05) is 19.7 Å². The van der Waals surface area contributed by atoms with Gasteiger partial charge in [-0.05, 0) is 30.5 Å². The Morgan fingerprint density at radius 3 is 2.75 bits per heavy atom. The third-order valence-corrected chi connectivity index (χ3v) is 3.56. The quantitative estimate of drug-likeness (QED) is 0.852. The second kappa shape index (κ2) is 7.50. The van der Waals surface area contributed by atoms with E-state index in [-0.39, 0.29) is 6.04 Å². The molecule has 1 heterocycles. The molecule has 9 heteroatoms. The van der Waals surface area contributed by atoms with Gasteiger partial charge in [0.2, 0.25) is 5.91 Å². The molecule has 1 fully saturated rings. The fraction of sp³-hybridized carbons (Fsp3) is 0.467. The largest absolute Gasteiger partial charge is 0.440 e. The van der Waals surface area contributed by atoms with Gasteiger partial charge in [0.1, 0.15) is 12.4 Å². The summed E-state index contributed by atoms with van der Waals surface area (Å²) in [5, 5.41) is 1.99. The van der Waals surface area contributed by atoms with Gasteiger partial charge in [0.15, 0.2) is 6.61 Å². The van der Waals surface area contributed by atoms with E-state index in [1.165, 1.54) is 17.0 Å². The lowest BCUT2D eigenvalue weighted by molar-refractivity contribution is -0.160. The number of nitrogens with zero attached hydrogens (tertiary/aromatic N) is 1. The van der Waals surface area contributed by atoms with Crippen LogP contribution in [0, 0.1) is 5.82 Å². The van der Waals surface area contributed by atoms with Crippen molar-refractivity contribution in [3.05, 3.63) is 35.6 Å². The number of benzene rings is 1. The number of alkyl halides is 3. The zero-order valence-corrected chi connectivity index (χ0v) is 12.6. The average Bonchev–Trinajstić information content (AvgIpc) is 2.99. The number of carbonyl (C=O) groups excluding carboxylic acids is 2. The Balaban J connectivity index is 1.88. The Morgan fingerprint density at radius 1 is 1.33 bits per heavy atom. The molecule has 0 saturated carbocycles. The van der Waals surface area contributed by atoms with Gasteiger partial charge in [-0.2, -0.15) is 13.2 Å². The molecule has 1 saturated heterocycles. The summed E-state index contributed by atoms with van der Waals surface area (Å²) in [6, 6.07) is 5.55. The van der Waals surface area contributed by atoms with Crippen LogP contribution in [-0.2, 0) is 9.53 Å². The summed E-state index contributed by atoms with van der Waals surface area (Å²) >= 11 is 0. The van der Waals surface area contributed by atoms with E-state index in [0.717, 1.165) is 0 Å². The van der Waals surface area contributed by atoms with Gasteiger partial charge < -0.3 is 15.0 Å². The van der Waals surface area contributed by atoms with Crippen molar-refractivity contribution in [2.24, 2.45) is 0 Å². The fourth-order valence-electron chi connectivity index (χ4n) is 2.57. The van der Waals surface area contributed by atoms with E-state index in [9.17, 15) is 27.2 Å². The van der Waals surface area contributed by atoms with Gasteiger partial charge in [0, 0.05) is 6.54 Å². The summed E-state index contributed by atoms with van der Waals surface area (Å²) in [6.07, 6.45) is -4.58. The maximum absolute atomic E-state index is 13.3. The molecule has 0 radical (unpaired) electrons. The highest BCUT2D eigenvalue weighted by molar-refractivity contribution is 5.82. The van der Waals surface area contributed by atoms with Crippen LogP contribution in [0.1, 0.15) is 24.4 Å². The van der Waals surface area contributed by atoms with Crippen molar-refractivity contribution in [1.82, 2.24) is 10.2 Å². The molecule has 0 bridgehead atoms. The van der Waals surface area contributed by atoms with Crippen LogP contribution in [0.4, 0.5) is 22.4 Å². The SMILES string of the molecule is O=C(NCC(=O)N1CCC[C@H]1c1cccc(F)c1)OCC(F)(F)F. The Bertz CT molecular complexity index is 607. The zero-order valence-electron chi connectivity index (χ0n) is 12.6. The third kappa shape index (κ3) is 5.10. The van der Waals surface area contributed by atoms with Crippen molar-refractivity contribution in [1.29, 1.82) is 0 Å². The van der Waals surface area contributed by atoms with Crippen molar-refractivity contribution in [3.8, 4) is 0 Å². The first-order valence-corrected chi connectivity index (χ1v) is 7.28. The molecular weight excluding hydrogens is 332 g/mol. The molecule has 0 unspecified atom stereocenters. The molecule has 1 N–H and O–H groups in total. The first kappa shape index (κ1) is 18.0. The lowest BCUT2D eigenvalue weighted by atomic mass is 10.0. The highest BCUT2D eigenvalue weighted by Crippen LogP contribution is 2.32. The van der Waals surface area contributed by atoms with Crippen LogP contribution < -0.4 is 5.32 Å². The maximum Gasteiger partial charge on any atom is 0.422 e. The van der Waals surface area contributed by atoms with Crippen LogP contribution >= 0.6 is 0 Å². The normalized spacial score (nSPS) is 17.7. The monoisotopic (exact) mass is 348 g/mol. The first-order valence-electron chi connectivity index (χ1n) is 7.28. The number of alkyl carbamates (subject to hydrolysis) is 1. The molecule has 1 atom stereocenters. The van der Waals surface area contributed by atoms with E-state index in [1.54, 1.807) is 12.1 Å². The van der Waals surface area contributed by atoms with Crippen LogP contribution in [0.2, 0.25) is 0 Å². The van der Waals surface area contributed by atoms with E-state index in [2.05, 4.69) is 4.74 Å². The van der Waals surface area contributed by atoms with Crippen LogP contribution in [0.3, 0.4) is 0 Å². The van der Waals surface area contributed by atoms with E-state index in [4.69, 9.17) is 0 Å². The van der Waals surface area contributed by atoms with Gasteiger partial charge in [-0.15, -0.1) is 0 Å². The van der Waals surface area contributed by atoms with Crippen molar-refractivity contribution < 1.29 is 31.9 Å². The van der Waals surface area contributed by atoms with Crippen LogP contribution in [0.25, 0.3) is 0 Å². The number of rotatable bonds is 4. The molecule has 24 heavy (non-hydrogen) atoms. The number of nitrogens with one attached hydrogen (secondary N) is 1. The molecule has 0 spiro atoms. The number of ether oxygens (including phenoxy) is 1. The maximum atomic E-state index is 13.3. The summed E-state index contributed by atoms with van der Waals surface area (Å²) in [5.41, 5.74) is 0.639. The number of carbonyl (C=O) groups is 2. The minimum atomic E-state index is -4.63. The van der Waals surface area contributed by atoms with Crippen molar-refractivity contribution in [3.63, 3.8) is 0 Å². The Kier molecular flexibility index (Phi) is 5.63. The standard InChI is InChI=1S/C15H16F4N2O3/c16-11-4-1-3-10(7-11)12-5-2-6-21(12)13(22)8-20-14(23)24-9-15(17,18)19/h1,3-4,7,12H,2,5-6,8-9H2,(H,20,23)/t12-/m0/s1. The van der Waals surface area contributed by atoms with Gasteiger partial charge in [-0.3, -0.25) is 4.79 Å². The first-order chi connectivity index (χ1) is 11.3. The molecule has 1 aliphatic rings. The molecular formula is C15H16F4N2O3. The minimum Gasteiger partial charge on any atom is -0.440 e. The number of hydrogen-bond donors (Lipinski definition) is 1. The number of amides is 2. The molecule has 1 aromatic rings. The molecule has 1 aromatic carbocycles. The molecule has 5 nitrogen and oxygen atoms in total. The summed E-state index contributed by atoms with van der Waals surface area (Å²) in [6.45, 7) is -1.77. The summed E-state index contributed by atoms with van der Waals surface area (Å²) in [7, 11) is 0. The minimum absolute atomic E-state index is 0.318. The zero-order chi connectivity index (χ0) is 17.7. The highest BCUT2D eigenvalue weighted by Gasteiger charge is 2.31. The molecule has 2 amide bonds. The van der Waals surface area contributed by atoms with Gasteiger partial charge in [0.25, 0.3) is 0 Å². The Morgan fingerprint density at radius 2 is 2.08 bits per heavy atom. The molecule has 2 rings (SSSR count). The summed E-state index contributed by atoms with van der Waals surface area (Å²) in [4.78, 5) is 24.8. The number of hydrogen-bond acceptors (Lipinski definition) is 3. The topological polar surface area (TPSA) is 58.6 Å². The second-order valence-electron chi connectivity index (χ2n) is 5.35. The second-order valence-corrected chi connectivity index (χ2v) is 5.35.